The van der Waals surface area contributed by atoms with Crippen molar-refractivity contribution in [3.63, 3.8) is 0 Å². The minimum atomic E-state index is -0.356. The van der Waals surface area contributed by atoms with Gasteiger partial charge in [0, 0.05) is 29.9 Å². The third kappa shape index (κ3) is 4.38. The maximum Gasteiger partial charge on any atom is 0.331 e. The van der Waals surface area contributed by atoms with Gasteiger partial charge < -0.3 is 10.6 Å². The molecule has 2 N–H and O–H groups in total. The van der Waals surface area contributed by atoms with E-state index in [1.807, 2.05) is 43.3 Å². The van der Waals surface area contributed by atoms with Crippen molar-refractivity contribution in [3.8, 4) is 11.3 Å². The molecule has 4 heterocycles. The first-order valence-electron chi connectivity index (χ1n) is 13.0. The summed E-state index contributed by atoms with van der Waals surface area (Å²) < 4.78 is 0. The molecule has 0 bridgehead atoms. The van der Waals surface area contributed by atoms with Crippen LogP contribution in [-0.4, -0.2) is 33.7 Å². The summed E-state index contributed by atoms with van der Waals surface area (Å²) in [5, 5.41) is 6.80. The van der Waals surface area contributed by atoms with Gasteiger partial charge in [0.25, 0.3) is 5.91 Å². The zero-order valence-electron chi connectivity index (χ0n) is 21.4. The van der Waals surface area contributed by atoms with E-state index in [0.29, 0.717) is 33.2 Å². The number of benzene rings is 1. The fourth-order valence-electron chi connectivity index (χ4n) is 5.64. The number of nitrogens with zero attached hydrogens (tertiary/aromatic N) is 3. The number of amides is 3. The molecule has 1 fully saturated rings. The van der Waals surface area contributed by atoms with E-state index in [1.165, 1.54) is 17.4 Å². The number of anilines is 3. The van der Waals surface area contributed by atoms with Gasteiger partial charge >= 0.3 is 6.03 Å². The molecule has 3 aromatic heterocycles. The van der Waals surface area contributed by atoms with Crippen molar-refractivity contribution in [2.45, 2.75) is 38.6 Å². The molecule has 1 aliphatic carbocycles. The summed E-state index contributed by atoms with van der Waals surface area (Å²) in [5.41, 5.74) is 4.46. The molecule has 1 saturated carbocycles. The maximum absolute atomic E-state index is 13.6. The van der Waals surface area contributed by atoms with Crippen molar-refractivity contribution in [2.24, 2.45) is 5.92 Å². The number of carbonyl (C=O) groups is 3. The number of pyridine rings is 2. The molecule has 9 heteroatoms. The van der Waals surface area contributed by atoms with Gasteiger partial charge in [0.05, 0.1) is 28.1 Å². The minimum absolute atomic E-state index is 0.0222. The van der Waals surface area contributed by atoms with Crippen LogP contribution < -0.4 is 15.5 Å². The lowest BCUT2D eigenvalue weighted by molar-refractivity contribution is -0.119. The van der Waals surface area contributed by atoms with Crippen molar-refractivity contribution in [1.29, 1.82) is 0 Å². The second kappa shape index (κ2) is 10.1. The highest BCUT2D eigenvalue weighted by molar-refractivity contribution is 7.21. The number of ketones is 1. The first kappa shape index (κ1) is 24.9. The van der Waals surface area contributed by atoms with Crippen LogP contribution in [0.3, 0.4) is 0 Å². The largest absolute Gasteiger partial charge is 0.349 e. The SMILES string of the molecule is C=CC(=O)C1CCC[C@@H](NC(=O)c2sc3nccc4c3c2NC(=O)N4c2ccnc(-c3ccccc3)c2C)C1. The van der Waals surface area contributed by atoms with E-state index in [2.05, 4.69) is 27.2 Å². The van der Waals surface area contributed by atoms with E-state index >= 15 is 0 Å². The summed E-state index contributed by atoms with van der Waals surface area (Å²) in [6.45, 7) is 5.55. The van der Waals surface area contributed by atoms with Gasteiger partial charge in [-0.3, -0.25) is 19.5 Å². The molecule has 1 aromatic carbocycles. The molecule has 8 nitrogen and oxygen atoms in total. The smallest absolute Gasteiger partial charge is 0.331 e. The van der Waals surface area contributed by atoms with Crippen LogP contribution in [-0.2, 0) is 4.79 Å². The molecule has 196 valence electrons. The fourth-order valence-corrected chi connectivity index (χ4v) is 6.66. The predicted octanol–water partition coefficient (Wildman–Crippen LogP) is 6.39. The molecule has 1 aliphatic heterocycles. The van der Waals surface area contributed by atoms with Crippen molar-refractivity contribution in [2.75, 3.05) is 10.2 Å². The van der Waals surface area contributed by atoms with Gasteiger partial charge in [0.1, 0.15) is 9.71 Å². The van der Waals surface area contributed by atoms with Gasteiger partial charge in [-0.05, 0) is 50.0 Å². The van der Waals surface area contributed by atoms with Gasteiger partial charge in [0.15, 0.2) is 5.78 Å². The third-order valence-corrected chi connectivity index (χ3v) is 8.63. The Labute approximate surface area is 229 Å². The standard InChI is InChI=1S/C30H27N5O3S/c1-3-23(36)19-10-7-11-20(16-19)33-28(37)27-26-24-22(13-15-32-29(24)39-27)35(30(38)34-26)21-12-14-31-25(17(21)2)18-8-5-4-6-9-18/h3-6,8-9,12-15,19-20H,1,7,10-11,16H2,2H3,(H,33,37)(H,34,38)/t19?,20-/m1/s1. The first-order valence-corrected chi connectivity index (χ1v) is 13.8. The lowest BCUT2D eigenvalue weighted by Crippen LogP contribution is -2.40. The molecule has 2 atom stereocenters. The highest BCUT2D eigenvalue weighted by atomic mass is 32.1. The Morgan fingerprint density at radius 1 is 1.10 bits per heavy atom. The Morgan fingerprint density at radius 3 is 2.67 bits per heavy atom. The quantitative estimate of drug-likeness (QED) is 0.277. The number of carbonyl (C=O) groups excluding carboxylic acids is 3. The van der Waals surface area contributed by atoms with Gasteiger partial charge in [-0.15, -0.1) is 11.3 Å². The second-order valence-corrected chi connectivity index (χ2v) is 10.9. The normalized spacial score (nSPS) is 18.5. The molecule has 6 rings (SSSR count). The van der Waals surface area contributed by atoms with Crippen molar-refractivity contribution in [1.82, 2.24) is 15.3 Å². The molecule has 0 radical (unpaired) electrons. The number of allylic oxidation sites excluding steroid dienone is 1. The molecule has 4 aromatic rings. The van der Waals surface area contributed by atoms with E-state index < -0.39 is 0 Å². The Morgan fingerprint density at radius 2 is 1.87 bits per heavy atom. The molecule has 3 amide bonds. The first-order chi connectivity index (χ1) is 19.0. The van der Waals surface area contributed by atoms with Crippen LogP contribution in [0.4, 0.5) is 21.9 Å². The van der Waals surface area contributed by atoms with Crippen LogP contribution in [0.15, 0.2) is 67.5 Å². The fraction of sp³-hybridized carbons (Fsp3) is 0.233. The van der Waals surface area contributed by atoms with Gasteiger partial charge in [0.2, 0.25) is 0 Å². The third-order valence-electron chi connectivity index (χ3n) is 7.53. The Hall–Kier alpha value is -4.37. The van der Waals surface area contributed by atoms with E-state index in [1.54, 1.807) is 23.4 Å². The monoisotopic (exact) mass is 537 g/mol. The molecule has 1 unspecified atom stereocenters. The number of rotatable bonds is 6. The second-order valence-electron chi connectivity index (χ2n) is 9.89. The van der Waals surface area contributed by atoms with Crippen LogP contribution in [0.2, 0.25) is 0 Å². The topological polar surface area (TPSA) is 104 Å². The molecular weight excluding hydrogens is 510 g/mol. The minimum Gasteiger partial charge on any atom is -0.349 e. The number of nitrogens with one attached hydrogen (secondary N) is 2. The van der Waals surface area contributed by atoms with E-state index in [9.17, 15) is 14.4 Å². The van der Waals surface area contributed by atoms with Crippen molar-refractivity contribution < 1.29 is 14.4 Å². The predicted molar refractivity (Wildman–Crippen MR) is 154 cm³/mol. The maximum atomic E-state index is 13.6. The highest BCUT2D eigenvalue weighted by Crippen LogP contribution is 2.46. The van der Waals surface area contributed by atoms with Gasteiger partial charge in [-0.1, -0.05) is 43.3 Å². The number of aromatic nitrogens is 2. The number of thiophene rings is 1. The zero-order valence-corrected chi connectivity index (χ0v) is 22.3. The van der Waals surface area contributed by atoms with E-state index in [-0.39, 0.29) is 29.7 Å². The van der Waals surface area contributed by atoms with E-state index in [0.717, 1.165) is 41.5 Å². The molecular formula is C30H27N5O3S. The molecule has 0 spiro atoms. The molecule has 0 saturated heterocycles. The van der Waals surface area contributed by atoms with Crippen LogP contribution in [0, 0.1) is 12.8 Å². The summed E-state index contributed by atoms with van der Waals surface area (Å²) in [4.78, 5) is 51.0. The summed E-state index contributed by atoms with van der Waals surface area (Å²) in [6, 6.07) is 13.0. The van der Waals surface area contributed by atoms with Gasteiger partial charge in [-0.25, -0.2) is 9.78 Å². The van der Waals surface area contributed by atoms with Crippen molar-refractivity contribution >= 4 is 56.3 Å². The average Bonchev–Trinajstić information content (AvgIpc) is 3.33. The van der Waals surface area contributed by atoms with E-state index in [4.69, 9.17) is 0 Å². The number of urea groups is 1. The summed E-state index contributed by atoms with van der Waals surface area (Å²) in [5.74, 6) is -0.363. The lowest BCUT2D eigenvalue weighted by Gasteiger charge is -2.30. The Kier molecular flexibility index (Phi) is 6.44. The van der Waals surface area contributed by atoms with Crippen LogP contribution in [0.1, 0.15) is 40.9 Å². The number of hydrogen-bond donors (Lipinski definition) is 2. The van der Waals surface area contributed by atoms with Crippen molar-refractivity contribution in [3.05, 3.63) is 78.0 Å². The summed E-state index contributed by atoms with van der Waals surface area (Å²) in [7, 11) is 0. The number of hydrogen-bond acceptors (Lipinski definition) is 6. The summed E-state index contributed by atoms with van der Waals surface area (Å²) >= 11 is 1.25. The lowest BCUT2D eigenvalue weighted by atomic mass is 9.83. The molecule has 39 heavy (non-hydrogen) atoms. The van der Waals surface area contributed by atoms with Crippen LogP contribution in [0.25, 0.3) is 21.5 Å². The van der Waals surface area contributed by atoms with Crippen LogP contribution in [0.5, 0.6) is 0 Å². The average molecular weight is 538 g/mol. The Bertz CT molecular complexity index is 1630. The Balaban J connectivity index is 1.36. The molecule has 2 aliphatic rings. The highest BCUT2D eigenvalue weighted by Gasteiger charge is 2.35. The summed E-state index contributed by atoms with van der Waals surface area (Å²) in [6.07, 6.45) is 7.80. The van der Waals surface area contributed by atoms with Crippen LogP contribution >= 0.6 is 11.3 Å². The zero-order chi connectivity index (χ0) is 27.1. The van der Waals surface area contributed by atoms with Gasteiger partial charge in [-0.2, -0.15) is 0 Å².